The third-order valence-electron chi connectivity index (χ3n) is 4.25. The third kappa shape index (κ3) is 2.82. The van der Waals surface area contributed by atoms with Gasteiger partial charge >= 0.3 is 0 Å². The highest BCUT2D eigenvalue weighted by Crippen LogP contribution is 2.50. The third-order valence-corrected chi connectivity index (χ3v) is 5.07. The minimum absolute atomic E-state index is 0.408. The molecule has 1 N–H and O–H groups in total. The lowest BCUT2D eigenvalue weighted by Crippen LogP contribution is -2.25. The van der Waals surface area contributed by atoms with E-state index >= 15 is 0 Å². The van der Waals surface area contributed by atoms with Gasteiger partial charge < -0.3 is 10.1 Å². The molecule has 1 aliphatic carbocycles. The first-order valence-electron chi connectivity index (χ1n) is 7.08. The fourth-order valence-corrected chi connectivity index (χ4v) is 3.58. The van der Waals surface area contributed by atoms with Gasteiger partial charge in [-0.05, 0) is 55.8 Å². The fourth-order valence-electron chi connectivity index (χ4n) is 3.02. The molecule has 0 aliphatic heterocycles. The van der Waals surface area contributed by atoms with Crippen molar-refractivity contribution < 1.29 is 4.74 Å². The number of aryl methyl sites for hydroxylation is 1. The highest BCUT2D eigenvalue weighted by molar-refractivity contribution is 9.10. The van der Waals surface area contributed by atoms with Crippen LogP contribution in [-0.4, -0.2) is 13.7 Å². The van der Waals surface area contributed by atoms with E-state index in [-0.39, 0.29) is 0 Å². The number of ether oxygens (including phenoxy) is 1. The topological polar surface area (TPSA) is 21.3 Å². The zero-order chi connectivity index (χ0) is 14.2. The molecule has 0 aromatic heterocycles. The van der Waals surface area contributed by atoms with Gasteiger partial charge in [-0.3, -0.25) is 0 Å². The molecular formula is C16H24BrNO. The molecule has 1 aromatic carbocycles. The summed E-state index contributed by atoms with van der Waals surface area (Å²) in [5.41, 5.74) is 3.84. The zero-order valence-electron chi connectivity index (χ0n) is 12.5. The van der Waals surface area contributed by atoms with E-state index in [1.165, 1.54) is 27.6 Å². The second kappa shape index (κ2) is 5.84. The standard InChI is InChI=1S/C16H24BrNO/c1-6-18-15(12-7-9(12)2)14-11(4)13(17)8-10(3)16(14)19-5/h8-9,12,15,18H,6-7H2,1-5H3. The summed E-state index contributed by atoms with van der Waals surface area (Å²) < 4.78 is 6.87. The lowest BCUT2D eigenvalue weighted by molar-refractivity contribution is 0.385. The summed E-state index contributed by atoms with van der Waals surface area (Å²) in [5.74, 6) is 2.60. The van der Waals surface area contributed by atoms with Crippen LogP contribution in [0.15, 0.2) is 10.5 Å². The van der Waals surface area contributed by atoms with Crippen LogP contribution in [0.25, 0.3) is 0 Å². The number of nitrogens with one attached hydrogen (secondary N) is 1. The molecule has 1 aliphatic rings. The van der Waals surface area contributed by atoms with Crippen LogP contribution < -0.4 is 10.1 Å². The molecule has 0 saturated heterocycles. The molecule has 2 nitrogen and oxygen atoms in total. The van der Waals surface area contributed by atoms with Crippen molar-refractivity contribution in [3.63, 3.8) is 0 Å². The Morgan fingerprint density at radius 2 is 2.11 bits per heavy atom. The summed E-state index contributed by atoms with van der Waals surface area (Å²) in [6.45, 7) is 9.79. The van der Waals surface area contributed by atoms with E-state index in [9.17, 15) is 0 Å². The Kier molecular flexibility index (Phi) is 4.57. The molecule has 1 saturated carbocycles. The van der Waals surface area contributed by atoms with Gasteiger partial charge in [0.05, 0.1) is 7.11 Å². The summed E-state index contributed by atoms with van der Waals surface area (Å²) in [4.78, 5) is 0. The van der Waals surface area contributed by atoms with Gasteiger partial charge in [-0.1, -0.05) is 29.8 Å². The van der Waals surface area contributed by atoms with Crippen LogP contribution in [0.1, 0.15) is 43.0 Å². The smallest absolute Gasteiger partial charge is 0.126 e. The first-order chi connectivity index (χ1) is 9.01. The van der Waals surface area contributed by atoms with E-state index in [0.29, 0.717) is 6.04 Å². The molecule has 1 fully saturated rings. The minimum Gasteiger partial charge on any atom is -0.496 e. The molecule has 3 atom stereocenters. The van der Waals surface area contributed by atoms with Gasteiger partial charge in [0, 0.05) is 16.1 Å². The summed E-state index contributed by atoms with van der Waals surface area (Å²) in [6, 6.07) is 2.56. The van der Waals surface area contributed by atoms with Crippen molar-refractivity contribution in [2.45, 2.75) is 40.2 Å². The average Bonchev–Trinajstić information content (AvgIpc) is 3.08. The molecule has 2 rings (SSSR count). The van der Waals surface area contributed by atoms with Gasteiger partial charge in [0.25, 0.3) is 0 Å². The predicted octanol–water partition coefficient (Wildman–Crippen LogP) is 4.38. The monoisotopic (exact) mass is 325 g/mol. The summed E-state index contributed by atoms with van der Waals surface area (Å²) >= 11 is 3.68. The Hall–Kier alpha value is -0.540. The van der Waals surface area contributed by atoms with Gasteiger partial charge in [-0.2, -0.15) is 0 Å². The first kappa shape index (κ1) is 14.9. The predicted molar refractivity (Wildman–Crippen MR) is 83.9 cm³/mol. The van der Waals surface area contributed by atoms with Crippen molar-refractivity contribution in [3.05, 3.63) is 27.2 Å². The maximum atomic E-state index is 5.69. The largest absolute Gasteiger partial charge is 0.496 e. The Balaban J connectivity index is 2.51. The van der Waals surface area contributed by atoms with Crippen LogP contribution in [0, 0.1) is 25.7 Å². The van der Waals surface area contributed by atoms with E-state index < -0.39 is 0 Å². The van der Waals surface area contributed by atoms with Crippen molar-refractivity contribution in [3.8, 4) is 5.75 Å². The van der Waals surface area contributed by atoms with E-state index in [0.717, 1.165) is 24.1 Å². The van der Waals surface area contributed by atoms with Crippen LogP contribution in [0.2, 0.25) is 0 Å². The normalized spacial score (nSPS) is 23.3. The van der Waals surface area contributed by atoms with E-state index in [1.807, 2.05) is 0 Å². The van der Waals surface area contributed by atoms with Crippen molar-refractivity contribution in [1.82, 2.24) is 5.32 Å². The highest BCUT2D eigenvalue weighted by Gasteiger charge is 2.41. The van der Waals surface area contributed by atoms with Gasteiger partial charge in [0.15, 0.2) is 0 Å². The van der Waals surface area contributed by atoms with E-state index in [1.54, 1.807) is 7.11 Å². The highest BCUT2D eigenvalue weighted by atomic mass is 79.9. The molecule has 0 spiro atoms. The number of hydrogen-bond donors (Lipinski definition) is 1. The molecule has 3 unspecified atom stereocenters. The molecule has 0 radical (unpaired) electrons. The van der Waals surface area contributed by atoms with E-state index in [4.69, 9.17) is 4.74 Å². The Labute approximate surface area is 125 Å². The maximum Gasteiger partial charge on any atom is 0.126 e. The summed E-state index contributed by atoms with van der Waals surface area (Å²) in [7, 11) is 1.78. The van der Waals surface area contributed by atoms with Crippen molar-refractivity contribution in [2.75, 3.05) is 13.7 Å². The van der Waals surface area contributed by atoms with Crippen molar-refractivity contribution >= 4 is 15.9 Å². The summed E-state index contributed by atoms with van der Waals surface area (Å²) in [5, 5.41) is 3.66. The minimum atomic E-state index is 0.408. The Bertz CT molecular complexity index is 472. The Morgan fingerprint density at radius 1 is 1.47 bits per heavy atom. The average molecular weight is 326 g/mol. The van der Waals surface area contributed by atoms with Crippen LogP contribution in [0.4, 0.5) is 0 Å². The number of halogens is 1. The van der Waals surface area contributed by atoms with Gasteiger partial charge in [0.1, 0.15) is 5.75 Å². The molecular weight excluding hydrogens is 302 g/mol. The van der Waals surface area contributed by atoms with Crippen LogP contribution >= 0.6 is 15.9 Å². The fraction of sp³-hybridized carbons (Fsp3) is 0.625. The molecule has 0 bridgehead atoms. The molecule has 0 amide bonds. The SMILES string of the molecule is CCNC(c1c(C)c(Br)cc(C)c1OC)C1CC1C. The summed E-state index contributed by atoms with van der Waals surface area (Å²) in [6.07, 6.45) is 1.31. The van der Waals surface area contributed by atoms with Crippen molar-refractivity contribution in [2.24, 2.45) is 11.8 Å². The Morgan fingerprint density at radius 3 is 2.58 bits per heavy atom. The van der Waals surface area contributed by atoms with Crippen molar-refractivity contribution in [1.29, 1.82) is 0 Å². The van der Waals surface area contributed by atoms with Gasteiger partial charge in [-0.25, -0.2) is 0 Å². The molecule has 1 aromatic rings. The van der Waals surface area contributed by atoms with E-state index in [2.05, 4.69) is 55.0 Å². The van der Waals surface area contributed by atoms with Gasteiger partial charge in [0.2, 0.25) is 0 Å². The molecule has 19 heavy (non-hydrogen) atoms. The van der Waals surface area contributed by atoms with Crippen LogP contribution in [-0.2, 0) is 0 Å². The lowest BCUT2D eigenvalue weighted by Gasteiger charge is -2.25. The van der Waals surface area contributed by atoms with Gasteiger partial charge in [-0.15, -0.1) is 0 Å². The number of benzene rings is 1. The number of methoxy groups -OCH3 is 1. The maximum absolute atomic E-state index is 5.69. The zero-order valence-corrected chi connectivity index (χ0v) is 14.1. The lowest BCUT2D eigenvalue weighted by atomic mass is 9.93. The molecule has 3 heteroatoms. The van der Waals surface area contributed by atoms with Crippen LogP contribution in [0.3, 0.4) is 0 Å². The number of rotatable bonds is 5. The molecule has 106 valence electrons. The second-order valence-electron chi connectivity index (χ2n) is 5.66. The first-order valence-corrected chi connectivity index (χ1v) is 7.87. The second-order valence-corrected chi connectivity index (χ2v) is 6.51. The number of hydrogen-bond acceptors (Lipinski definition) is 2. The van der Waals surface area contributed by atoms with Crippen LogP contribution in [0.5, 0.6) is 5.75 Å². The molecule has 0 heterocycles. The quantitative estimate of drug-likeness (QED) is 0.867.